The molecule has 0 amide bonds. The lowest BCUT2D eigenvalue weighted by Crippen LogP contribution is -2.27. The van der Waals surface area contributed by atoms with Crippen LogP contribution in [0.5, 0.6) is 0 Å². The van der Waals surface area contributed by atoms with Crippen molar-refractivity contribution >= 4 is 15.7 Å². The minimum atomic E-state index is -4.07. The molecule has 0 radical (unpaired) electrons. The Morgan fingerprint density at radius 2 is 1.71 bits per heavy atom. The third-order valence-electron chi connectivity index (χ3n) is 2.95. The monoisotopic (exact) mass is 312 g/mol. The van der Waals surface area contributed by atoms with Crippen molar-refractivity contribution in [3.63, 3.8) is 0 Å². The molecule has 0 aliphatic rings. The molecule has 112 valence electrons. The average molecular weight is 312 g/mol. The standard InChI is InChI=1S/C14H14F2N2O2S/c1-9(10-2-4-11(15)5-3-10)18-21(19,20)14-8-12(17)6-7-13(14)16/h2-9,18H,17H2,1H3. The molecule has 7 heteroatoms. The van der Waals surface area contributed by atoms with E-state index in [9.17, 15) is 17.2 Å². The van der Waals surface area contributed by atoms with E-state index in [4.69, 9.17) is 5.73 Å². The Labute approximate surface area is 121 Å². The molecule has 1 atom stereocenters. The van der Waals surface area contributed by atoms with Crippen LogP contribution in [0.2, 0.25) is 0 Å². The van der Waals surface area contributed by atoms with E-state index in [1.54, 1.807) is 6.92 Å². The summed E-state index contributed by atoms with van der Waals surface area (Å²) in [5.41, 5.74) is 6.19. The number of anilines is 1. The van der Waals surface area contributed by atoms with E-state index in [2.05, 4.69) is 4.72 Å². The molecular formula is C14H14F2N2O2S. The number of sulfonamides is 1. The van der Waals surface area contributed by atoms with Crippen LogP contribution in [0.3, 0.4) is 0 Å². The van der Waals surface area contributed by atoms with Gasteiger partial charge in [-0.2, -0.15) is 0 Å². The minimum absolute atomic E-state index is 0.145. The lowest BCUT2D eigenvalue weighted by molar-refractivity contribution is 0.547. The van der Waals surface area contributed by atoms with Gasteiger partial charge >= 0.3 is 0 Å². The van der Waals surface area contributed by atoms with Gasteiger partial charge in [0.15, 0.2) is 0 Å². The van der Waals surface area contributed by atoms with Gasteiger partial charge in [-0.05, 0) is 42.8 Å². The Bertz CT molecular complexity index is 746. The van der Waals surface area contributed by atoms with E-state index < -0.39 is 32.6 Å². The Balaban J connectivity index is 2.28. The molecule has 4 nitrogen and oxygen atoms in total. The number of hydrogen-bond acceptors (Lipinski definition) is 3. The highest BCUT2D eigenvalue weighted by Gasteiger charge is 2.22. The lowest BCUT2D eigenvalue weighted by Gasteiger charge is -2.15. The Morgan fingerprint density at radius 3 is 2.33 bits per heavy atom. The number of nitrogens with two attached hydrogens (primary N) is 1. The molecule has 0 aliphatic carbocycles. The maximum atomic E-state index is 13.6. The second-order valence-corrected chi connectivity index (χ2v) is 6.27. The van der Waals surface area contributed by atoms with E-state index in [1.165, 1.54) is 30.3 Å². The maximum Gasteiger partial charge on any atom is 0.244 e. The number of hydrogen-bond donors (Lipinski definition) is 2. The van der Waals surface area contributed by atoms with Crippen LogP contribution >= 0.6 is 0 Å². The number of nitrogens with one attached hydrogen (secondary N) is 1. The molecule has 0 heterocycles. The molecule has 0 spiro atoms. The van der Waals surface area contributed by atoms with E-state index in [1.807, 2.05) is 0 Å². The van der Waals surface area contributed by atoms with E-state index >= 15 is 0 Å². The first-order valence-corrected chi connectivity index (χ1v) is 7.61. The van der Waals surface area contributed by atoms with E-state index in [-0.39, 0.29) is 5.69 Å². The smallest absolute Gasteiger partial charge is 0.244 e. The van der Waals surface area contributed by atoms with Gasteiger partial charge in [-0.1, -0.05) is 12.1 Å². The second-order valence-electron chi connectivity index (χ2n) is 4.58. The number of nitrogen functional groups attached to an aromatic ring is 1. The van der Waals surface area contributed by atoms with Gasteiger partial charge in [0.1, 0.15) is 16.5 Å². The first-order valence-electron chi connectivity index (χ1n) is 6.12. The summed E-state index contributed by atoms with van der Waals surface area (Å²) in [4.78, 5) is -0.517. The lowest BCUT2D eigenvalue weighted by atomic mass is 10.1. The molecule has 3 N–H and O–H groups in total. The van der Waals surface area contributed by atoms with Gasteiger partial charge < -0.3 is 5.73 Å². The molecule has 2 aromatic carbocycles. The predicted octanol–water partition coefficient (Wildman–Crippen LogP) is 2.59. The van der Waals surface area contributed by atoms with Crippen molar-refractivity contribution in [3.8, 4) is 0 Å². The van der Waals surface area contributed by atoms with Gasteiger partial charge in [0.2, 0.25) is 10.0 Å². The van der Waals surface area contributed by atoms with Gasteiger partial charge in [-0.25, -0.2) is 21.9 Å². The quantitative estimate of drug-likeness (QED) is 0.852. The molecule has 0 saturated heterocycles. The van der Waals surface area contributed by atoms with Gasteiger partial charge in [0.05, 0.1) is 0 Å². The first-order chi connectivity index (χ1) is 9.79. The highest BCUT2D eigenvalue weighted by atomic mass is 32.2. The summed E-state index contributed by atoms with van der Waals surface area (Å²) in [7, 11) is -4.07. The SMILES string of the molecule is CC(NS(=O)(=O)c1cc(N)ccc1F)c1ccc(F)cc1. The molecule has 0 fully saturated rings. The molecule has 1 unspecified atom stereocenters. The van der Waals surface area contributed by atoms with Gasteiger partial charge in [0.25, 0.3) is 0 Å². The average Bonchev–Trinajstić information content (AvgIpc) is 2.41. The molecule has 0 aliphatic heterocycles. The van der Waals surface area contributed by atoms with Crippen LogP contribution in [0.4, 0.5) is 14.5 Å². The van der Waals surface area contributed by atoms with Crippen LogP contribution in [0.1, 0.15) is 18.5 Å². The summed E-state index contributed by atoms with van der Waals surface area (Å²) in [6.07, 6.45) is 0. The van der Waals surface area contributed by atoms with Gasteiger partial charge in [-0.3, -0.25) is 0 Å². The summed E-state index contributed by atoms with van der Waals surface area (Å²) in [5, 5.41) is 0. The van der Waals surface area contributed by atoms with Crippen molar-refractivity contribution in [1.82, 2.24) is 4.72 Å². The summed E-state index contributed by atoms with van der Waals surface area (Å²) < 4.78 is 53.2. The summed E-state index contributed by atoms with van der Waals surface area (Å²) >= 11 is 0. The highest BCUT2D eigenvalue weighted by molar-refractivity contribution is 7.89. The van der Waals surface area contributed by atoms with Crippen molar-refractivity contribution in [2.75, 3.05) is 5.73 Å². The Kier molecular flexibility index (Phi) is 4.24. The Morgan fingerprint density at radius 1 is 1.10 bits per heavy atom. The van der Waals surface area contributed by atoms with Crippen molar-refractivity contribution in [2.24, 2.45) is 0 Å². The van der Waals surface area contributed by atoms with Crippen LogP contribution in [0, 0.1) is 11.6 Å². The Hall–Kier alpha value is -1.99. The highest BCUT2D eigenvalue weighted by Crippen LogP contribution is 2.21. The van der Waals surface area contributed by atoms with Crippen molar-refractivity contribution in [3.05, 3.63) is 59.7 Å². The van der Waals surface area contributed by atoms with Crippen LogP contribution in [0.15, 0.2) is 47.4 Å². The van der Waals surface area contributed by atoms with Crippen LogP contribution in [-0.4, -0.2) is 8.42 Å². The van der Waals surface area contributed by atoms with E-state index in [0.717, 1.165) is 12.1 Å². The second kappa shape index (κ2) is 5.79. The van der Waals surface area contributed by atoms with E-state index in [0.29, 0.717) is 5.56 Å². The zero-order valence-corrected chi connectivity index (χ0v) is 12.0. The van der Waals surface area contributed by atoms with Crippen LogP contribution < -0.4 is 10.5 Å². The van der Waals surface area contributed by atoms with Crippen LogP contribution in [0.25, 0.3) is 0 Å². The molecule has 2 aromatic rings. The molecule has 0 aromatic heterocycles. The minimum Gasteiger partial charge on any atom is -0.399 e. The van der Waals surface area contributed by atoms with Crippen molar-refractivity contribution < 1.29 is 17.2 Å². The molecular weight excluding hydrogens is 298 g/mol. The summed E-state index contributed by atoms with van der Waals surface area (Å²) in [6, 6.07) is 8.04. The van der Waals surface area contributed by atoms with Crippen molar-refractivity contribution in [1.29, 1.82) is 0 Å². The topological polar surface area (TPSA) is 72.2 Å². The molecule has 21 heavy (non-hydrogen) atoms. The fraction of sp³-hybridized carbons (Fsp3) is 0.143. The fourth-order valence-electron chi connectivity index (χ4n) is 1.84. The van der Waals surface area contributed by atoms with Crippen molar-refractivity contribution in [2.45, 2.75) is 17.9 Å². The molecule has 2 rings (SSSR count). The van der Waals surface area contributed by atoms with Crippen LogP contribution in [-0.2, 0) is 10.0 Å². The number of halogens is 2. The summed E-state index contributed by atoms with van der Waals surface area (Å²) in [6.45, 7) is 1.58. The largest absolute Gasteiger partial charge is 0.399 e. The number of rotatable bonds is 4. The zero-order chi connectivity index (χ0) is 15.6. The third-order valence-corrected chi connectivity index (χ3v) is 4.50. The fourth-order valence-corrected chi connectivity index (χ4v) is 3.19. The van der Waals surface area contributed by atoms with Gasteiger partial charge in [-0.15, -0.1) is 0 Å². The first kappa shape index (κ1) is 15.4. The number of benzene rings is 2. The molecule has 0 saturated carbocycles. The normalized spacial score (nSPS) is 13.1. The van der Waals surface area contributed by atoms with Gasteiger partial charge in [0, 0.05) is 11.7 Å². The predicted molar refractivity (Wildman–Crippen MR) is 75.9 cm³/mol. The maximum absolute atomic E-state index is 13.6. The summed E-state index contributed by atoms with van der Waals surface area (Å²) in [5.74, 6) is -1.31. The third kappa shape index (κ3) is 3.56. The zero-order valence-electron chi connectivity index (χ0n) is 11.2. The molecule has 0 bridgehead atoms.